The standard InChI is InChI=1S/C22H17N7O2S/c1-12-19(20(30)25-15-7-5-6-14(10-15)21-24-13(2)28-31-21)22(32-29-12)27-18-11-23-16-8-3-4-9-17(16)26-18/h3-11H,1-2H3,(H,25,30)(H,26,27). The van der Waals surface area contributed by atoms with Crippen molar-refractivity contribution < 1.29 is 9.32 Å². The summed E-state index contributed by atoms with van der Waals surface area (Å²) in [6, 6.07) is 14.8. The lowest BCUT2D eigenvalue weighted by Crippen LogP contribution is -2.14. The van der Waals surface area contributed by atoms with Gasteiger partial charge >= 0.3 is 0 Å². The Morgan fingerprint density at radius 2 is 1.88 bits per heavy atom. The number of benzene rings is 2. The number of fused-ring (bicyclic) bond motifs is 1. The Balaban J connectivity index is 1.39. The van der Waals surface area contributed by atoms with E-state index in [1.807, 2.05) is 36.4 Å². The first kappa shape index (κ1) is 19.8. The van der Waals surface area contributed by atoms with Gasteiger partial charge in [-0.3, -0.25) is 9.78 Å². The van der Waals surface area contributed by atoms with Crippen LogP contribution in [0.4, 0.5) is 16.5 Å². The Labute approximate surface area is 186 Å². The predicted octanol–water partition coefficient (Wildman–Crippen LogP) is 4.75. The van der Waals surface area contributed by atoms with Crippen molar-refractivity contribution in [2.45, 2.75) is 13.8 Å². The number of carbonyl (C=O) groups excluding carboxylic acids is 1. The van der Waals surface area contributed by atoms with E-state index in [1.165, 1.54) is 11.5 Å². The predicted molar refractivity (Wildman–Crippen MR) is 122 cm³/mol. The molecule has 3 aromatic heterocycles. The Hall–Kier alpha value is -4.18. The normalized spacial score (nSPS) is 10.9. The molecule has 9 nitrogen and oxygen atoms in total. The van der Waals surface area contributed by atoms with Gasteiger partial charge in [0.1, 0.15) is 10.8 Å². The highest BCUT2D eigenvalue weighted by Crippen LogP contribution is 2.29. The van der Waals surface area contributed by atoms with E-state index in [-0.39, 0.29) is 5.91 Å². The number of anilines is 3. The first-order valence-corrected chi connectivity index (χ1v) is 10.5. The summed E-state index contributed by atoms with van der Waals surface area (Å²) < 4.78 is 9.56. The van der Waals surface area contributed by atoms with Crippen LogP contribution < -0.4 is 10.6 Å². The van der Waals surface area contributed by atoms with Crippen molar-refractivity contribution in [3.63, 3.8) is 0 Å². The zero-order chi connectivity index (χ0) is 22.1. The molecule has 0 fully saturated rings. The Morgan fingerprint density at radius 1 is 1.03 bits per heavy atom. The van der Waals surface area contributed by atoms with Crippen LogP contribution in [0.15, 0.2) is 59.3 Å². The number of para-hydroxylation sites is 2. The number of carbonyl (C=O) groups is 1. The third kappa shape index (κ3) is 3.91. The van der Waals surface area contributed by atoms with Crippen molar-refractivity contribution in [3.8, 4) is 11.5 Å². The molecule has 0 spiro atoms. The van der Waals surface area contributed by atoms with Crippen molar-refractivity contribution in [1.82, 2.24) is 24.5 Å². The SMILES string of the molecule is Cc1noc(-c2cccc(NC(=O)c3c(C)nsc3Nc3cnc4ccccc4n3)c2)n1. The molecule has 10 heteroatoms. The zero-order valence-electron chi connectivity index (χ0n) is 17.2. The number of nitrogens with one attached hydrogen (secondary N) is 2. The van der Waals surface area contributed by atoms with Gasteiger partial charge in [-0.2, -0.15) is 9.36 Å². The third-order valence-corrected chi connectivity index (χ3v) is 5.53. The fourth-order valence-electron chi connectivity index (χ4n) is 3.19. The summed E-state index contributed by atoms with van der Waals surface area (Å²) >= 11 is 1.20. The molecule has 0 bridgehead atoms. The molecule has 32 heavy (non-hydrogen) atoms. The van der Waals surface area contributed by atoms with Crippen LogP contribution in [0.25, 0.3) is 22.5 Å². The van der Waals surface area contributed by atoms with Crippen molar-refractivity contribution in [1.29, 1.82) is 0 Å². The lowest BCUT2D eigenvalue weighted by molar-refractivity contribution is 0.102. The summed E-state index contributed by atoms with van der Waals surface area (Å²) in [6.45, 7) is 3.54. The van der Waals surface area contributed by atoms with Crippen molar-refractivity contribution >= 4 is 45.0 Å². The number of amides is 1. The maximum atomic E-state index is 13.1. The second kappa shape index (κ2) is 8.16. The highest BCUT2D eigenvalue weighted by Gasteiger charge is 2.20. The second-order valence-corrected chi connectivity index (χ2v) is 7.80. The molecule has 1 amide bonds. The van der Waals surface area contributed by atoms with Gasteiger partial charge in [-0.15, -0.1) is 0 Å². The minimum absolute atomic E-state index is 0.286. The van der Waals surface area contributed by atoms with Gasteiger partial charge in [0.2, 0.25) is 0 Å². The Kier molecular flexibility index (Phi) is 5.04. The van der Waals surface area contributed by atoms with Crippen LogP contribution in [0.5, 0.6) is 0 Å². The summed E-state index contributed by atoms with van der Waals surface area (Å²) in [5.74, 6) is 1.19. The van der Waals surface area contributed by atoms with Crippen LogP contribution >= 0.6 is 11.5 Å². The lowest BCUT2D eigenvalue weighted by Gasteiger charge is -2.09. The first-order valence-electron chi connectivity index (χ1n) is 9.74. The fraction of sp³-hybridized carbons (Fsp3) is 0.0909. The summed E-state index contributed by atoms with van der Waals surface area (Å²) in [4.78, 5) is 26.3. The smallest absolute Gasteiger partial charge is 0.260 e. The molecule has 2 aromatic carbocycles. The second-order valence-electron chi connectivity index (χ2n) is 7.02. The van der Waals surface area contributed by atoms with Gasteiger partial charge in [0, 0.05) is 11.3 Å². The average Bonchev–Trinajstić information content (AvgIpc) is 3.39. The van der Waals surface area contributed by atoms with Gasteiger partial charge in [0.15, 0.2) is 5.82 Å². The quantitative estimate of drug-likeness (QED) is 0.399. The molecule has 0 aliphatic heterocycles. The van der Waals surface area contributed by atoms with E-state index in [4.69, 9.17) is 4.52 Å². The monoisotopic (exact) mass is 443 g/mol. The summed E-state index contributed by atoms with van der Waals surface area (Å²) in [5.41, 5.74) is 3.95. The van der Waals surface area contributed by atoms with Gasteiger partial charge in [0.05, 0.1) is 28.5 Å². The van der Waals surface area contributed by atoms with Gasteiger partial charge < -0.3 is 15.2 Å². The minimum atomic E-state index is -0.286. The largest absolute Gasteiger partial charge is 0.334 e. The number of hydrogen-bond acceptors (Lipinski definition) is 9. The molecule has 158 valence electrons. The van der Waals surface area contributed by atoms with Crippen molar-refractivity contribution in [3.05, 3.63) is 71.8 Å². The molecule has 0 radical (unpaired) electrons. The van der Waals surface area contributed by atoms with E-state index < -0.39 is 0 Å². The number of hydrogen-bond donors (Lipinski definition) is 2. The molecule has 0 unspecified atom stereocenters. The van der Waals surface area contributed by atoms with Gasteiger partial charge in [-0.05, 0) is 55.7 Å². The topological polar surface area (TPSA) is 119 Å². The molecule has 5 aromatic rings. The molecule has 0 aliphatic rings. The molecule has 5 rings (SSSR count). The third-order valence-electron chi connectivity index (χ3n) is 4.67. The molecule has 0 atom stereocenters. The maximum Gasteiger partial charge on any atom is 0.260 e. The average molecular weight is 443 g/mol. The Bertz CT molecular complexity index is 1440. The fourth-order valence-corrected chi connectivity index (χ4v) is 4.00. The van der Waals surface area contributed by atoms with E-state index in [1.54, 1.807) is 32.2 Å². The van der Waals surface area contributed by atoms with Crippen LogP contribution in [-0.4, -0.2) is 30.4 Å². The number of rotatable bonds is 5. The summed E-state index contributed by atoms with van der Waals surface area (Å²) in [6.07, 6.45) is 1.63. The molecule has 2 N–H and O–H groups in total. The number of aryl methyl sites for hydroxylation is 2. The van der Waals surface area contributed by atoms with Crippen LogP contribution in [0.2, 0.25) is 0 Å². The molecule has 3 heterocycles. The van der Waals surface area contributed by atoms with Crippen LogP contribution in [0, 0.1) is 13.8 Å². The zero-order valence-corrected chi connectivity index (χ0v) is 18.0. The van der Waals surface area contributed by atoms with Gasteiger partial charge in [0.25, 0.3) is 11.8 Å². The van der Waals surface area contributed by atoms with E-state index in [2.05, 4.69) is 35.1 Å². The number of aromatic nitrogens is 5. The molecular formula is C22H17N7O2S. The van der Waals surface area contributed by atoms with E-state index in [0.717, 1.165) is 11.0 Å². The van der Waals surface area contributed by atoms with Crippen LogP contribution in [-0.2, 0) is 0 Å². The molecule has 0 aliphatic carbocycles. The first-order chi connectivity index (χ1) is 15.6. The van der Waals surface area contributed by atoms with E-state index in [0.29, 0.717) is 45.0 Å². The van der Waals surface area contributed by atoms with Crippen molar-refractivity contribution in [2.75, 3.05) is 10.6 Å². The molecular weight excluding hydrogens is 426 g/mol. The molecule has 0 saturated heterocycles. The van der Waals surface area contributed by atoms with Crippen molar-refractivity contribution in [2.24, 2.45) is 0 Å². The molecule has 0 saturated carbocycles. The highest BCUT2D eigenvalue weighted by molar-refractivity contribution is 7.10. The lowest BCUT2D eigenvalue weighted by atomic mass is 10.2. The Morgan fingerprint density at radius 3 is 2.69 bits per heavy atom. The van der Waals surface area contributed by atoms with Gasteiger partial charge in [-0.25, -0.2) is 4.98 Å². The highest BCUT2D eigenvalue weighted by atomic mass is 32.1. The summed E-state index contributed by atoms with van der Waals surface area (Å²) in [5, 5.41) is 10.5. The van der Waals surface area contributed by atoms with Crippen LogP contribution in [0.3, 0.4) is 0 Å². The summed E-state index contributed by atoms with van der Waals surface area (Å²) in [7, 11) is 0. The van der Waals surface area contributed by atoms with Gasteiger partial charge in [-0.1, -0.05) is 23.4 Å². The van der Waals surface area contributed by atoms with E-state index in [9.17, 15) is 4.79 Å². The van der Waals surface area contributed by atoms with Crippen LogP contribution in [0.1, 0.15) is 21.9 Å². The van der Waals surface area contributed by atoms with E-state index >= 15 is 0 Å². The minimum Gasteiger partial charge on any atom is -0.334 e. The maximum absolute atomic E-state index is 13.1. The number of nitrogens with zero attached hydrogens (tertiary/aromatic N) is 5.